The van der Waals surface area contributed by atoms with Gasteiger partial charge in [-0.05, 0) is 43.1 Å². The first-order chi connectivity index (χ1) is 9.22. The van der Waals surface area contributed by atoms with Crippen molar-refractivity contribution in [3.63, 3.8) is 0 Å². The molecule has 1 aromatic rings. The van der Waals surface area contributed by atoms with E-state index in [9.17, 15) is 4.79 Å². The van der Waals surface area contributed by atoms with Gasteiger partial charge in [-0.25, -0.2) is 0 Å². The Balaban J connectivity index is 1.80. The van der Waals surface area contributed by atoms with E-state index in [2.05, 4.69) is 17.1 Å². The van der Waals surface area contributed by atoms with Crippen molar-refractivity contribution in [1.82, 2.24) is 10.2 Å². The van der Waals surface area contributed by atoms with Crippen LogP contribution < -0.4 is 5.32 Å². The molecule has 0 aromatic heterocycles. The van der Waals surface area contributed by atoms with Gasteiger partial charge >= 0.3 is 0 Å². The number of alkyl halides is 1. The third-order valence-corrected chi connectivity index (χ3v) is 4.05. The van der Waals surface area contributed by atoms with E-state index in [-0.39, 0.29) is 5.91 Å². The molecule has 104 valence electrons. The van der Waals surface area contributed by atoms with Crippen LogP contribution in [0.4, 0.5) is 0 Å². The number of likely N-dealkylation sites (tertiary alicyclic amines) is 1. The summed E-state index contributed by atoms with van der Waals surface area (Å²) in [6.45, 7) is 6.31. The van der Waals surface area contributed by atoms with Gasteiger partial charge in [0.15, 0.2) is 0 Å². The van der Waals surface area contributed by atoms with Crippen LogP contribution in [0.15, 0.2) is 24.3 Å². The largest absolute Gasteiger partial charge is 0.352 e. The second kappa shape index (κ2) is 6.92. The van der Waals surface area contributed by atoms with Gasteiger partial charge < -0.3 is 10.2 Å². The summed E-state index contributed by atoms with van der Waals surface area (Å²) in [6.07, 6.45) is 1.18. The summed E-state index contributed by atoms with van der Waals surface area (Å²) >= 11 is 5.73. The number of benzene rings is 1. The molecular weight excluding hydrogens is 260 g/mol. The molecule has 2 rings (SSSR count). The molecule has 0 spiro atoms. The summed E-state index contributed by atoms with van der Waals surface area (Å²) in [5.74, 6) is 1.08. The van der Waals surface area contributed by atoms with Crippen LogP contribution in [-0.4, -0.2) is 37.0 Å². The number of amides is 1. The monoisotopic (exact) mass is 280 g/mol. The van der Waals surface area contributed by atoms with Gasteiger partial charge in [0.2, 0.25) is 0 Å². The molecule has 4 heteroatoms. The van der Waals surface area contributed by atoms with E-state index >= 15 is 0 Å². The molecular formula is C15H21ClN2O. The molecule has 1 heterocycles. The summed E-state index contributed by atoms with van der Waals surface area (Å²) in [7, 11) is 0. The first kappa shape index (κ1) is 14.4. The van der Waals surface area contributed by atoms with E-state index in [0.29, 0.717) is 17.4 Å². The molecule has 1 unspecified atom stereocenters. The third kappa shape index (κ3) is 3.95. The van der Waals surface area contributed by atoms with Crippen molar-refractivity contribution < 1.29 is 4.79 Å². The minimum absolute atomic E-state index is 0.0103. The highest BCUT2D eigenvalue weighted by Crippen LogP contribution is 2.15. The van der Waals surface area contributed by atoms with Gasteiger partial charge in [-0.2, -0.15) is 0 Å². The highest BCUT2D eigenvalue weighted by Gasteiger charge is 2.21. The summed E-state index contributed by atoms with van der Waals surface area (Å²) in [5, 5.41) is 3.02. The minimum atomic E-state index is 0.0103. The maximum Gasteiger partial charge on any atom is 0.251 e. The zero-order valence-corrected chi connectivity index (χ0v) is 12.1. The van der Waals surface area contributed by atoms with Crippen molar-refractivity contribution >= 4 is 17.5 Å². The highest BCUT2D eigenvalue weighted by molar-refractivity contribution is 6.17. The van der Waals surface area contributed by atoms with E-state index in [4.69, 9.17) is 11.6 Å². The van der Waals surface area contributed by atoms with E-state index in [1.165, 1.54) is 6.42 Å². The lowest BCUT2D eigenvalue weighted by Crippen LogP contribution is -2.31. The zero-order chi connectivity index (χ0) is 13.7. The van der Waals surface area contributed by atoms with Crippen LogP contribution in [-0.2, 0) is 5.88 Å². The summed E-state index contributed by atoms with van der Waals surface area (Å²) < 4.78 is 0. The number of halogens is 1. The molecule has 1 atom stereocenters. The normalized spacial score (nSPS) is 19.6. The summed E-state index contributed by atoms with van der Waals surface area (Å²) in [5.41, 5.74) is 1.74. The Hall–Kier alpha value is -1.06. The van der Waals surface area contributed by atoms with Crippen molar-refractivity contribution in [1.29, 1.82) is 0 Å². The van der Waals surface area contributed by atoms with E-state index in [1.807, 2.05) is 24.3 Å². The number of hydrogen-bond donors (Lipinski definition) is 1. The van der Waals surface area contributed by atoms with Gasteiger partial charge in [0.25, 0.3) is 5.91 Å². The van der Waals surface area contributed by atoms with E-state index < -0.39 is 0 Å². The molecule has 1 aromatic carbocycles. The van der Waals surface area contributed by atoms with E-state index in [1.54, 1.807) is 0 Å². The Bertz CT molecular complexity index is 419. The lowest BCUT2D eigenvalue weighted by atomic mass is 10.1. The highest BCUT2D eigenvalue weighted by atomic mass is 35.5. The van der Waals surface area contributed by atoms with Gasteiger partial charge in [0.05, 0.1) is 0 Å². The fraction of sp³-hybridized carbons (Fsp3) is 0.533. The predicted molar refractivity (Wildman–Crippen MR) is 78.6 cm³/mol. The number of nitrogens with one attached hydrogen (secondary N) is 1. The van der Waals surface area contributed by atoms with Crippen molar-refractivity contribution in [2.75, 3.05) is 26.2 Å². The first-order valence-corrected chi connectivity index (χ1v) is 7.41. The number of hydrogen-bond acceptors (Lipinski definition) is 2. The lowest BCUT2D eigenvalue weighted by Gasteiger charge is -2.13. The molecule has 1 aliphatic heterocycles. The number of nitrogens with zero attached hydrogens (tertiary/aromatic N) is 1. The zero-order valence-electron chi connectivity index (χ0n) is 11.4. The van der Waals surface area contributed by atoms with Crippen LogP contribution in [0, 0.1) is 5.92 Å². The Morgan fingerprint density at radius 3 is 2.74 bits per heavy atom. The fourth-order valence-corrected chi connectivity index (χ4v) is 2.63. The van der Waals surface area contributed by atoms with Gasteiger partial charge in [0.1, 0.15) is 0 Å². The first-order valence-electron chi connectivity index (χ1n) is 6.88. The average molecular weight is 281 g/mol. The molecule has 0 saturated carbocycles. The van der Waals surface area contributed by atoms with Crippen molar-refractivity contribution in [3.8, 4) is 0 Å². The number of carbonyl (C=O) groups excluding carboxylic acids is 1. The molecule has 19 heavy (non-hydrogen) atoms. The van der Waals surface area contributed by atoms with Crippen LogP contribution in [0.5, 0.6) is 0 Å². The molecule has 0 radical (unpaired) electrons. The standard InChI is InChI=1S/C15H21ClN2O/c1-2-18-8-7-13(11-18)10-17-15(19)14-5-3-12(9-16)4-6-14/h3-6,13H,2,7-11H2,1H3,(H,17,19). The van der Waals surface area contributed by atoms with Gasteiger partial charge in [-0.1, -0.05) is 19.1 Å². The molecule has 1 saturated heterocycles. The fourth-order valence-electron chi connectivity index (χ4n) is 2.45. The molecule has 0 bridgehead atoms. The predicted octanol–water partition coefficient (Wildman–Crippen LogP) is 2.50. The second-order valence-corrected chi connectivity index (χ2v) is 5.36. The van der Waals surface area contributed by atoms with Crippen molar-refractivity contribution in [3.05, 3.63) is 35.4 Å². The number of rotatable bonds is 5. The Morgan fingerprint density at radius 2 is 2.16 bits per heavy atom. The summed E-state index contributed by atoms with van der Waals surface area (Å²) in [6, 6.07) is 7.46. The Labute approximate surface area is 119 Å². The van der Waals surface area contributed by atoms with Crippen molar-refractivity contribution in [2.24, 2.45) is 5.92 Å². The van der Waals surface area contributed by atoms with Crippen LogP contribution in [0.25, 0.3) is 0 Å². The van der Waals surface area contributed by atoms with Crippen LogP contribution >= 0.6 is 11.6 Å². The number of carbonyl (C=O) groups is 1. The Morgan fingerprint density at radius 1 is 1.42 bits per heavy atom. The van der Waals surface area contributed by atoms with Gasteiger partial charge in [-0.3, -0.25) is 4.79 Å². The molecule has 3 nitrogen and oxygen atoms in total. The quantitative estimate of drug-likeness (QED) is 0.841. The van der Waals surface area contributed by atoms with Crippen molar-refractivity contribution in [2.45, 2.75) is 19.2 Å². The van der Waals surface area contributed by atoms with Crippen LogP contribution in [0.3, 0.4) is 0 Å². The van der Waals surface area contributed by atoms with Gasteiger partial charge in [0, 0.05) is 24.5 Å². The Kier molecular flexibility index (Phi) is 5.23. The maximum absolute atomic E-state index is 12.0. The van der Waals surface area contributed by atoms with E-state index in [0.717, 1.165) is 31.7 Å². The third-order valence-electron chi connectivity index (χ3n) is 3.74. The topological polar surface area (TPSA) is 32.3 Å². The smallest absolute Gasteiger partial charge is 0.251 e. The molecule has 1 N–H and O–H groups in total. The second-order valence-electron chi connectivity index (χ2n) is 5.09. The molecule has 1 aliphatic rings. The maximum atomic E-state index is 12.0. The minimum Gasteiger partial charge on any atom is -0.352 e. The molecule has 1 fully saturated rings. The van der Waals surface area contributed by atoms with Crippen LogP contribution in [0.1, 0.15) is 29.3 Å². The molecule has 1 amide bonds. The lowest BCUT2D eigenvalue weighted by molar-refractivity contribution is 0.0947. The summed E-state index contributed by atoms with van der Waals surface area (Å²) in [4.78, 5) is 14.4. The molecule has 0 aliphatic carbocycles. The average Bonchev–Trinajstić information content (AvgIpc) is 2.93. The van der Waals surface area contributed by atoms with Crippen LogP contribution in [0.2, 0.25) is 0 Å². The van der Waals surface area contributed by atoms with Gasteiger partial charge in [-0.15, -0.1) is 11.6 Å². The SMILES string of the molecule is CCN1CCC(CNC(=O)c2ccc(CCl)cc2)C1.